The van der Waals surface area contributed by atoms with Crippen molar-refractivity contribution >= 4 is 24.4 Å². The Hall–Kier alpha value is -0.610. The fourth-order valence-corrected chi connectivity index (χ4v) is 1.39. The molecule has 0 saturated carbocycles. The molecular weight excluding hydrogens is 228 g/mol. The number of unbranched alkanes of at least 4 members (excludes halogenated alkanes) is 4. The van der Waals surface area contributed by atoms with Crippen LogP contribution in [0.15, 0.2) is 5.16 Å². The molecule has 0 radical (unpaired) electrons. The molecule has 0 atom stereocenters. The lowest BCUT2D eigenvalue weighted by Gasteiger charge is -2.08. The van der Waals surface area contributed by atoms with Crippen molar-refractivity contribution in [3.05, 3.63) is 0 Å². The molecule has 5 heteroatoms. The van der Waals surface area contributed by atoms with E-state index in [0.717, 1.165) is 25.6 Å². The summed E-state index contributed by atoms with van der Waals surface area (Å²) >= 11 is 0. The highest BCUT2D eigenvalue weighted by Gasteiger charge is 1.98. The first-order valence-electron chi connectivity index (χ1n) is 5.52. The van der Waals surface area contributed by atoms with Crippen LogP contribution in [0.5, 0.6) is 0 Å². The maximum atomic E-state index is 10.9. The van der Waals surface area contributed by atoms with Crippen molar-refractivity contribution in [2.24, 2.45) is 5.16 Å². The minimum atomic E-state index is -0.0919. The quantitative estimate of drug-likeness (QED) is 0.296. The van der Waals surface area contributed by atoms with Crippen molar-refractivity contribution in [1.29, 1.82) is 0 Å². The van der Waals surface area contributed by atoms with Gasteiger partial charge in [-0.1, -0.05) is 24.4 Å². The zero-order chi connectivity index (χ0) is 11.5. The van der Waals surface area contributed by atoms with E-state index in [1.54, 1.807) is 0 Å². The van der Waals surface area contributed by atoms with Crippen molar-refractivity contribution in [2.45, 2.75) is 38.5 Å². The van der Waals surface area contributed by atoms with Crippen LogP contribution in [0.3, 0.4) is 0 Å². The van der Waals surface area contributed by atoms with Crippen LogP contribution in [0.4, 0.5) is 0 Å². The molecule has 0 aromatic rings. The number of ketones is 1. The molecule has 0 spiro atoms. The zero-order valence-electron chi connectivity index (χ0n) is 10.2. The maximum absolute atomic E-state index is 10.9. The lowest BCUT2D eigenvalue weighted by atomic mass is 10.1. The summed E-state index contributed by atoms with van der Waals surface area (Å²) in [7, 11) is 4.15. The number of hydrogen-bond donors (Lipinski definition) is 1. The number of oxime groups is 1. The predicted molar refractivity (Wildman–Crippen MR) is 68.8 cm³/mol. The van der Waals surface area contributed by atoms with Gasteiger partial charge in [0.1, 0.15) is 6.21 Å². The van der Waals surface area contributed by atoms with E-state index in [0.29, 0.717) is 6.42 Å². The largest absolute Gasteiger partial charge is 0.411 e. The summed E-state index contributed by atoms with van der Waals surface area (Å²) in [6, 6.07) is 0. The second kappa shape index (κ2) is 12.5. The molecule has 0 bridgehead atoms. The first-order valence-corrected chi connectivity index (χ1v) is 5.52. The standard InChI is InChI=1S/C11H22N2O2.ClH/c1-13(2)9-7-5-3-4-6-8-11(14)10-12-15;/h10,15H,3-9H2,1-2H3;1H/b12-10+;. The third-order valence-electron chi connectivity index (χ3n) is 2.23. The van der Waals surface area contributed by atoms with Gasteiger partial charge < -0.3 is 10.1 Å². The molecule has 0 aliphatic heterocycles. The highest BCUT2D eigenvalue weighted by molar-refractivity contribution is 6.27. The van der Waals surface area contributed by atoms with Crippen LogP contribution in [0.2, 0.25) is 0 Å². The first kappa shape index (κ1) is 17.8. The highest BCUT2D eigenvalue weighted by Crippen LogP contribution is 2.05. The van der Waals surface area contributed by atoms with Crippen LogP contribution in [0.1, 0.15) is 38.5 Å². The normalized spacial score (nSPS) is 10.7. The average molecular weight is 251 g/mol. The summed E-state index contributed by atoms with van der Waals surface area (Å²) in [6.07, 6.45) is 7.08. The fraction of sp³-hybridized carbons (Fsp3) is 0.818. The number of carbonyl (C=O) groups excluding carboxylic acids is 1. The van der Waals surface area contributed by atoms with Crippen molar-refractivity contribution in [2.75, 3.05) is 20.6 Å². The zero-order valence-corrected chi connectivity index (χ0v) is 11.0. The molecule has 0 aromatic carbocycles. The Bertz CT molecular complexity index is 196. The van der Waals surface area contributed by atoms with Crippen LogP contribution >= 0.6 is 12.4 Å². The summed E-state index contributed by atoms with van der Waals surface area (Å²) in [4.78, 5) is 13.1. The van der Waals surface area contributed by atoms with Gasteiger partial charge in [-0.2, -0.15) is 0 Å². The Balaban J connectivity index is 0. The van der Waals surface area contributed by atoms with Crippen LogP contribution in [-0.4, -0.2) is 42.7 Å². The Morgan fingerprint density at radius 2 is 1.75 bits per heavy atom. The van der Waals surface area contributed by atoms with Gasteiger partial charge in [0.05, 0.1) is 0 Å². The highest BCUT2D eigenvalue weighted by atomic mass is 35.5. The summed E-state index contributed by atoms with van der Waals surface area (Å²) in [5, 5.41) is 10.8. The first-order chi connectivity index (χ1) is 7.16. The Kier molecular flexibility index (Phi) is 13.8. The van der Waals surface area contributed by atoms with E-state index < -0.39 is 0 Å². The summed E-state index contributed by atoms with van der Waals surface area (Å²) < 4.78 is 0. The van der Waals surface area contributed by atoms with Gasteiger partial charge in [0.25, 0.3) is 0 Å². The molecular formula is C11H23ClN2O2. The van der Waals surface area contributed by atoms with Gasteiger partial charge in [-0.05, 0) is 33.5 Å². The molecule has 0 aliphatic rings. The second-order valence-corrected chi connectivity index (χ2v) is 4.03. The van der Waals surface area contributed by atoms with Crippen molar-refractivity contribution in [3.63, 3.8) is 0 Å². The molecule has 96 valence electrons. The van der Waals surface area contributed by atoms with Crippen LogP contribution in [-0.2, 0) is 4.79 Å². The second-order valence-electron chi connectivity index (χ2n) is 4.03. The minimum Gasteiger partial charge on any atom is -0.411 e. The van der Waals surface area contributed by atoms with Gasteiger partial charge in [-0.15, -0.1) is 12.4 Å². The Labute approximate surface area is 104 Å². The van der Waals surface area contributed by atoms with E-state index in [1.807, 2.05) is 0 Å². The molecule has 0 aliphatic carbocycles. The predicted octanol–water partition coefficient (Wildman–Crippen LogP) is 2.34. The third-order valence-corrected chi connectivity index (χ3v) is 2.23. The van der Waals surface area contributed by atoms with Gasteiger partial charge in [-0.3, -0.25) is 4.79 Å². The van der Waals surface area contributed by atoms with E-state index in [2.05, 4.69) is 24.2 Å². The lowest BCUT2D eigenvalue weighted by molar-refractivity contribution is -0.112. The summed E-state index contributed by atoms with van der Waals surface area (Å²) in [5.41, 5.74) is 0. The molecule has 0 amide bonds. The maximum Gasteiger partial charge on any atom is 0.177 e. The number of nitrogens with zero attached hydrogens (tertiary/aromatic N) is 2. The van der Waals surface area contributed by atoms with E-state index in [9.17, 15) is 4.79 Å². The monoisotopic (exact) mass is 250 g/mol. The van der Waals surface area contributed by atoms with E-state index in [1.165, 1.54) is 19.3 Å². The smallest absolute Gasteiger partial charge is 0.177 e. The number of carbonyl (C=O) groups is 1. The van der Waals surface area contributed by atoms with Crippen molar-refractivity contribution in [3.8, 4) is 0 Å². The molecule has 1 N–H and O–H groups in total. The van der Waals surface area contributed by atoms with Crippen LogP contribution < -0.4 is 0 Å². The summed E-state index contributed by atoms with van der Waals surface area (Å²) in [5.74, 6) is -0.0919. The molecule has 0 unspecified atom stereocenters. The minimum absolute atomic E-state index is 0. The molecule has 16 heavy (non-hydrogen) atoms. The molecule has 0 rings (SSSR count). The van der Waals surface area contributed by atoms with Gasteiger partial charge in [0, 0.05) is 6.42 Å². The van der Waals surface area contributed by atoms with E-state index >= 15 is 0 Å². The van der Waals surface area contributed by atoms with Gasteiger partial charge in [0.15, 0.2) is 5.78 Å². The molecule has 0 fully saturated rings. The Morgan fingerprint density at radius 3 is 2.31 bits per heavy atom. The van der Waals surface area contributed by atoms with Gasteiger partial charge in [0.2, 0.25) is 0 Å². The van der Waals surface area contributed by atoms with Gasteiger partial charge >= 0.3 is 0 Å². The van der Waals surface area contributed by atoms with Crippen molar-refractivity contribution in [1.82, 2.24) is 4.90 Å². The van der Waals surface area contributed by atoms with Crippen molar-refractivity contribution < 1.29 is 10.0 Å². The molecule has 0 aromatic heterocycles. The number of rotatable bonds is 9. The third kappa shape index (κ3) is 13.4. The van der Waals surface area contributed by atoms with E-state index in [4.69, 9.17) is 5.21 Å². The SMILES string of the molecule is CN(C)CCCCCCCC(=O)/C=N/O.Cl. The van der Waals surface area contributed by atoms with Crippen LogP contribution in [0, 0.1) is 0 Å². The Morgan fingerprint density at radius 1 is 1.19 bits per heavy atom. The molecule has 0 saturated heterocycles. The number of Topliss-reactive ketones (excluding diaryl/α,β-unsaturated/α-hetero) is 1. The summed E-state index contributed by atoms with van der Waals surface area (Å²) in [6.45, 7) is 1.14. The number of halogens is 1. The molecule has 4 nitrogen and oxygen atoms in total. The molecule has 0 heterocycles. The van der Waals surface area contributed by atoms with E-state index in [-0.39, 0.29) is 18.2 Å². The average Bonchev–Trinajstić information content (AvgIpc) is 2.16. The topological polar surface area (TPSA) is 52.9 Å². The lowest BCUT2D eigenvalue weighted by Crippen LogP contribution is -2.12. The van der Waals surface area contributed by atoms with Crippen LogP contribution in [0.25, 0.3) is 0 Å². The van der Waals surface area contributed by atoms with Gasteiger partial charge in [-0.25, -0.2) is 0 Å². The fourth-order valence-electron chi connectivity index (χ4n) is 1.39. The number of hydrogen-bond acceptors (Lipinski definition) is 4.